The first-order chi connectivity index (χ1) is 18.1. The van der Waals surface area contributed by atoms with Crippen LogP contribution in [0.5, 0.6) is 0 Å². The predicted octanol–water partition coefficient (Wildman–Crippen LogP) is 5.99. The quantitative estimate of drug-likeness (QED) is 0.0796. The Hall–Kier alpha value is -0.138. The molecule has 0 fully saturated rings. The third-order valence-corrected chi connectivity index (χ3v) is 10.1. The molecule has 0 aromatic heterocycles. The average Bonchev–Trinajstić information content (AvgIpc) is 3.41. The summed E-state index contributed by atoms with van der Waals surface area (Å²) >= 11 is 0.175. The monoisotopic (exact) mass is 596 g/mol. The van der Waals surface area contributed by atoms with Gasteiger partial charge in [0.05, 0.1) is 19.6 Å². The molecule has 0 spiro atoms. The maximum atomic E-state index is 12.2. The Balaban J connectivity index is 0. The van der Waals surface area contributed by atoms with Gasteiger partial charge in [0.1, 0.15) is 0 Å². The van der Waals surface area contributed by atoms with Gasteiger partial charge in [-0.1, -0.05) is 109 Å². The molecule has 3 unspecified atom stereocenters. The van der Waals surface area contributed by atoms with Crippen LogP contribution in [-0.4, -0.2) is 88.1 Å². The Bertz CT molecular complexity index is 814. The number of carbonyl (C=O) groups excluding carboxylic acids is 2. The summed E-state index contributed by atoms with van der Waals surface area (Å²) < 4.78 is 44.5. The Morgan fingerprint density at radius 2 is 1.46 bits per heavy atom. The van der Waals surface area contributed by atoms with Crippen molar-refractivity contribution < 1.29 is 32.0 Å². The molecule has 222 valence electrons. The van der Waals surface area contributed by atoms with Gasteiger partial charge in [-0.2, -0.15) is 8.42 Å². The van der Waals surface area contributed by atoms with E-state index in [9.17, 15) is 22.6 Å². The van der Waals surface area contributed by atoms with E-state index in [4.69, 9.17) is 9.47 Å². The minimum absolute atomic E-state index is 0. The van der Waals surface area contributed by atoms with Crippen molar-refractivity contribution in [1.29, 1.82) is 0 Å². The second-order valence-electron chi connectivity index (χ2n) is 10.3. The van der Waals surface area contributed by atoms with E-state index < -0.39 is 33.7 Å². The molecule has 10 heteroatoms. The summed E-state index contributed by atoms with van der Waals surface area (Å²) in [5.41, 5.74) is 0. The zero-order valence-corrected chi connectivity index (χ0v) is 26.8. The van der Waals surface area contributed by atoms with Gasteiger partial charge in [0.2, 0.25) is 0 Å². The van der Waals surface area contributed by atoms with Crippen LogP contribution in [0.25, 0.3) is 0 Å². The van der Waals surface area contributed by atoms with Crippen LogP contribution in [0.2, 0.25) is 5.28 Å². The van der Waals surface area contributed by atoms with E-state index in [1.807, 2.05) is 13.8 Å². The van der Waals surface area contributed by atoms with Crippen LogP contribution in [0, 0.1) is 11.8 Å². The van der Waals surface area contributed by atoms with Crippen molar-refractivity contribution in [1.82, 2.24) is 0 Å². The molecule has 0 bridgehead atoms. The molecule has 0 radical (unpaired) electrons. The summed E-state index contributed by atoms with van der Waals surface area (Å²) in [5, 5.41) is -0.427. The number of rotatable bonds is 20. The minimum atomic E-state index is -4.76. The summed E-state index contributed by atoms with van der Waals surface area (Å²) in [6.45, 7) is 10.6. The van der Waals surface area contributed by atoms with Crippen LogP contribution in [0.4, 0.5) is 0 Å². The zero-order valence-electron chi connectivity index (χ0n) is 24.6. The molecule has 1 aliphatic carbocycles. The first-order valence-corrected chi connectivity index (χ1v) is 18.0. The van der Waals surface area contributed by atoms with Gasteiger partial charge in [-0.25, -0.2) is 0 Å². The fourth-order valence-corrected chi connectivity index (χ4v) is 6.64. The molecular formula is C29H54AlNaO7S. The molecule has 0 saturated carbocycles. The topological polar surface area (TPSA) is 107 Å². The summed E-state index contributed by atoms with van der Waals surface area (Å²) in [5.74, 6) is -1.61. The number of hydrogen-bond acceptors (Lipinski definition) is 6. The number of hydrogen-bond donors (Lipinski definition) is 1. The van der Waals surface area contributed by atoms with Gasteiger partial charge in [0.25, 0.3) is 25.3 Å². The number of allylic oxidation sites excluding steroid dienone is 4. The van der Waals surface area contributed by atoms with Gasteiger partial charge >= 0.3 is 41.5 Å². The van der Waals surface area contributed by atoms with Crippen LogP contribution in [0.15, 0.2) is 22.7 Å². The number of unbranched alkanes of at least 4 members (excludes halogenated alkanes) is 3. The van der Waals surface area contributed by atoms with E-state index in [0.717, 1.165) is 51.4 Å². The number of esters is 2. The molecule has 0 amide bonds. The van der Waals surface area contributed by atoms with E-state index in [2.05, 4.69) is 39.0 Å². The number of carbonyl (C=O) groups is 2. The second kappa shape index (κ2) is 25.6. The third kappa shape index (κ3) is 21.3. The van der Waals surface area contributed by atoms with E-state index >= 15 is 0 Å². The molecule has 1 aliphatic rings. The van der Waals surface area contributed by atoms with Gasteiger partial charge in [-0.3, -0.25) is 14.1 Å². The van der Waals surface area contributed by atoms with Crippen molar-refractivity contribution in [2.75, 3.05) is 13.2 Å². The first-order valence-electron chi connectivity index (χ1n) is 14.8. The zero-order chi connectivity index (χ0) is 28.8. The van der Waals surface area contributed by atoms with Crippen molar-refractivity contribution in [2.45, 2.75) is 122 Å². The summed E-state index contributed by atoms with van der Waals surface area (Å²) in [4.78, 5) is 24.2. The molecular weight excluding hydrogens is 542 g/mol. The van der Waals surface area contributed by atoms with Gasteiger partial charge in [-0.15, -0.1) is 4.44 Å². The fourth-order valence-electron chi connectivity index (χ4n) is 4.10. The van der Waals surface area contributed by atoms with Gasteiger partial charge in [0, 0.05) is 0 Å². The third-order valence-electron chi connectivity index (χ3n) is 6.95. The molecule has 39 heavy (non-hydrogen) atoms. The van der Waals surface area contributed by atoms with E-state index in [1.165, 1.54) is 24.5 Å². The van der Waals surface area contributed by atoms with Crippen LogP contribution in [0.1, 0.15) is 112 Å². The first kappa shape index (κ1) is 41.0. The molecule has 0 saturated heterocycles. The normalized spacial score (nSPS) is 14.7. The van der Waals surface area contributed by atoms with Crippen molar-refractivity contribution in [2.24, 2.45) is 11.8 Å². The summed E-state index contributed by atoms with van der Waals surface area (Å²) in [6.07, 6.45) is 17.6. The van der Waals surface area contributed by atoms with Crippen LogP contribution < -0.4 is 0 Å². The molecule has 3 atom stereocenters. The van der Waals surface area contributed by atoms with Gasteiger partial charge < -0.3 is 9.47 Å². The summed E-state index contributed by atoms with van der Waals surface area (Å²) in [7, 11) is -4.76. The Kier molecular flexibility index (Phi) is 26.9. The van der Waals surface area contributed by atoms with Gasteiger partial charge in [0.15, 0.2) is 5.25 Å². The molecule has 7 nitrogen and oxygen atoms in total. The fraction of sp³-hybridized carbons (Fsp3) is 0.793. The predicted molar refractivity (Wildman–Crippen MR) is 164 cm³/mol. The molecule has 1 rings (SSSR count). The standard InChI is InChI=1S/C20H38O7S.C5H5.C4H9.Al.Na.2H/c1-5-9-11-16(7-3)14-26-19(21)13-18(28(23,24)25)20(22)27-15-17(8-4)12-10-6-2;1-2-4-5-3-1;1-3-4-2;;;;/h16-18H,5-15H2,1-4H3,(H,23,24,25);1-3H,4H2;1,3-4H2,2H3;;;;. The number of ether oxygens (including phenoxy) is 2. The molecule has 1 N–H and O–H groups in total. The van der Waals surface area contributed by atoms with Crippen LogP contribution >= 0.6 is 0 Å². The molecule has 0 heterocycles. The summed E-state index contributed by atoms with van der Waals surface area (Å²) in [6, 6.07) is 0. The van der Waals surface area contributed by atoms with E-state index in [-0.39, 0.29) is 69.8 Å². The average molecular weight is 597 g/mol. The Morgan fingerprint density at radius 3 is 1.90 bits per heavy atom. The van der Waals surface area contributed by atoms with E-state index in [0.29, 0.717) is 0 Å². The van der Waals surface area contributed by atoms with Crippen LogP contribution in [0.3, 0.4) is 0 Å². The maximum absolute atomic E-state index is 12.2. The van der Waals surface area contributed by atoms with E-state index in [1.54, 1.807) is 4.44 Å². The van der Waals surface area contributed by atoms with Crippen LogP contribution in [-0.2, 0) is 29.2 Å². The Morgan fingerprint density at radius 1 is 0.923 bits per heavy atom. The van der Waals surface area contributed by atoms with Gasteiger partial charge in [-0.05, 0) is 31.1 Å². The second-order valence-corrected chi connectivity index (χ2v) is 14.0. The molecule has 0 aliphatic heterocycles. The van der Waals surface area contributed by atoms with Crippen molar-refractivity contribution in [3.8, 4) is 0 Å². The van der Waals surface area contributed by atoms with Crippen molar-refractivity contribution >= 4 is 66.8 Å². The van der Waals surface area contributed by atoms with Crippen molar-refractivity contribution in [3.63, 3.8) is 0 Å². The Labute approximate surface area is 267 Å². The van der Waals surface area contributed by atoms with Crippen molar-refractivity contribution in [3.05, 3.63) is 22.7 Å². The molecule has 0 aromatic rings. The SMILES string of the molecule is CCCCC(CC)COC(=O)CC(C(=O)OCC(CC)CCCC)S(=O)(=O)O.CCC[CH2][AlH][C]1=CC=CC1.[NaH]. The molecule has 0 aromatic carbocycles.